The molecule has 1 aromatic rings. The first-order valence-electron chi connectivity index (χ1n) is 8.24. The summed E-state index contributed by atoms with van der Waals surface area (Å²) in [6.07, 6.45) is 4.92. The largest absolute Gasteiger partial charge is 0.337 e. The van der Waals surface area contributed by atoms with E-state index in [4.69, 9.17) is 0 Å². The van der Waals surface area contributed by atoms with Crippen LogP contribution in [0.5, 0.6) is 0 Å². The maximum absolute atomic E-state index is 12.6. The van der Waals surface area contributed by atoms with Crippen LogP contribution >= 0.6 is 0 Å². The molecule has 2 fully saturated rings. The lowest BCUT2D eigenvalue weighted by Gasteiger charge is -2.32. The van der Waals surface area contributed by atoms with Crippen LogP contribution in [-0.2, 0) is 6.54 Å². The fourth-order valence-electron chi connectivity index (χ4n) is 3.06. The van der Waals surface area contributed by atoms with E-state index in [-0.39, 0.29) is 5.91 Å². The molecule has 2 aliphatic rings. The van der Waals surface area contributed by atoms with Crippen LogP contribution in [0.4, 0.5) is 0 Å². The van der Waals surface area contributed by atoms with Crippen molar-refractivity contribution in [3.05, 3.63) is 17.5 Å². The minimum absolute atomic E-state index is 0.137. The molecular weight excluding hydrogens is 264 g/mol. The molecule has 2 heterocycles. The van der Waals surface area contributed by atoms with Crippen molar-refractivity contribution in [3.63, 3.8) is 0 Å². The second-order valence-corrected chi connectivity index (χ2v) is 6.40. The van der Waals surface area contributed by atoms with E-state index in [1.807, 2.05) is 29.5 Å². The van der Waals surface area contributed by atoms with Crippen molar-refractivity contribution in [3.8, 4) is 0 Å². The standard InChI is InChI=1S/C16H26N4O/c1-3-20-15(10-12(2)18-20)16(21)19-8-6-14(7-9-19)17-11-13-4-5-13/h10,13-14,17H,3-9,11H2,1-2H3. The van der Waals surface area contributed by atoms with Crippen LogP contribution in [0.25, 0.3) is 0 Å². The van der Waals surface area contributed by atoms with E-state index >= 15 is 0 Å². The van der Waals surface area contributed by atoms with Crippen LogP contribution in [0.3, 0.4) is 0 Å². The predicted octanol–water partition coefficient (Wildman–Crippen LogP) is 1.82. The molecule has 0 unspecified atom stereocenters. The van der Waals surface area contributed by atoms with Crippen LogP contribution in [-0.4, -0.2) is 46.3 Å². The van der Waals surface area contributed by atoms with Gasteiger partial charge >= 0.3 is 0 Å². The predicted molar refractivity (Wildman–Crippen MR) is 82.3 cm³/mol. The smallest absolute Gasteiger partial charge is 0.272 e. The number of nitrogens with zero attached hydrogens (tertiary/aromatic N) is 3. The number of piperidine rings is 1. The van der Waals surface area contributed by atoms with Crippen molar-refractivity contribution < 1.29 is 4.79 Å². The van der Waals surface area contributed by atoms with Gasteiger partial charge in [-0.15, -0.1) is 0 Å². The Morgan fingerprint density at radius 2 is 2.05 bits per heavy atom. The third kappa shape index (κ3) is 3.46. The number of likely N-dealkylation sites (tertiary alicyclic amines) is 1. The number of carbonyl (C=O) groups excluding carboxylic acids is 1. The first-order valence-corrected chi connectivity index (χ1v) is 8.24. The second kappa shape index (κ2) is 6.18. The van der Waals surface area contributed by atoms with Crippen LogP contribution in [0.2, 0.25) is 0 Å². The van der Waals surface area contributed by atoms with Crippen molar-refractivity contribution in [1.29, 1.82) is 0 Å². The zero-order valence-corrected chi connectivity index (χ0v) is 13.1. The van der Waals surface area contributed by atoms with Gasteiger partial charge in [0, 0.05) is 25.7 Å². The summed E-state index contributed by atoms with van der Waals surface area (Å²) in [4.78, 5) is 14.6. The van der Waals surface area contributed by atoms with Gasteiger partial charge < -0.3 is 10.2 Å². The van der Waals surface area contributed by atoms with Gasteiger partial charge in [0.1, 0.15) is 5.69 Å². The summed E-state index contributed by atoms with van der Waals surface area (Å²) in [5.74, 6) is 1.06. The number of nitrogens with one attached hydrogen (secondary N) is 1. The molecule has 0 bridgehead atoms. The molecule has 0 spiro atoms. The Labute approximate surface area is 126 Å². The average molecular weight is 290 g/mol. The van der Waals surface area contributed by atoms with Gasteiger partial charge in [0.15, 0.2) is 0 Å². The van der Waals surface area contributed by atoms with E-state index in [1.54, 1.807) is 0 Å². The highest BCUT2D eigenvalue weighted by molar-refractivity contribution is 5.92. The summed E-state index contributed by atoms with van der Waals surface area (Å²) < 4.78 is 1.81. The molecule has 1 aromatic heterocycles. The highest BCUT2D eigenvalue weighted by atomic mass is 16.2. The zero-order valence-electron chi connectivity index (χ0n) is 13.1. The van der Waals surface area contributed by atoms with Crippen LogP contribution in [0.1, 0.15) is 48.8 Å². The van der Waals surface area contributed by atoms with E-state index in [2.05, 4.69) is 10.4 Å². The van der Waals surface area contributed by atoms with Crippen molar-refractivity contribution in [2.24, 2.45) is 5.92 Å². The number of aromatic nitrogens is 2. The van der Waals surface area contributed by atoms with Crippen molar-refractivity contribution in [2.45, 2.75) is 52.1 Å². The molecule has 1 saturated heterocycles. The summed E-state index contributed by atoms with van der Waals surface area (Å²) in [6.45, 7) is 7.59. The van der Waals surface area contributed by atoms with Gasteiger partial charge in [0.25, 0.3) is 5.91 Å². The quantitative estimate of drug-likeness (QED) is 0.900. The summed E-state index contributed by atoms with van der Waals surface area (Å²) in [6, 6.07) is 2.50. The maximum Gasteiger partial charge on any atom is 0.272 e. The Morgan fingerprint density at radius 1 is 1.33 bits per heavy atom. The normalized spacial score (nSPS) is 20.0. The molecule has 0 atom stereocenters. The fraction of sp³-hybridized carbons (Fsp3) is 0.750. The summed E-state index contributed by atoms with van der Waals surface area (Å²) in [7, 11) is 0. The van der Waals surface area contributed by atoms with Gasteiger partial charge in [0.2, 0.25) is 0 Å². The molecule has 1 saturated carbocycles. The van der Waals surface area contributed by atoms with E-state index < -0.39 is 0 Å². The number of aryl methyl sites for hydroxylation is 2. The molecule has 1 N–H and O–H groups in total. The lowest BCUT2D eigenvalue weighted by atomic mass is 10.0. The lowest BCUT2D eigenvalue weighted by Crippen LogP contribution is -2.45. The van der Waals surface area contributed by atoms with Crippen molar-refractivity contribution in [1.82, 2.24) is 20.0 Å². The lowest BCUT2D eigenvalue weighted by molar-refractivity contribution is 0.0692. The van der Waals surface area contributed by atoms with E-state index in [1.165, 1.54) is 19.4 Å². The molecule has 3 rings (SSSR count). The van der Waals surface area contributed by atoms with E-state index in [0.717, 1.165) is 49.8 Å². The molecule has 0 radical (unpaired) electrons. The SMILES string of the molecule is CCn1nc(C)cc1C(=O)N1CCC(NCC2CC2)CC1. The molecule has 1 amide bonds. The monoisotopic (exact) mass is 290 g/mol. The molecule has 1 aliphatic carbocycles. The number of carbonyl (C=O) groups is 1. The van der Waals surface area contributed by atoms with Gasteiger partial charge in [-0.3, -0.25) is 9.48 Å². The fourth-order valence-corrected chi connectivity index (χ4v) is 3.06. The highest BCUT2D eigenvalue weighted by Crippen LogP contribution is 2.28. The summed E-state index contributed by atoms with van der Waals surface area (Å²) in [5.41, 5.74) is 1.65. The average Bonchev–Trinajstić information content (AvgIpc) is 3.26. The Morgan fingerprint density at radius 3 is 2.67 bits per heavy atom. The summed E-state index contributed by atoms with van der Waals surface area (Å²) in [5, 5.41) is 8.03. The van der Waals surface area contributed by atoms with Gasteiger partial charge in [-0.05, 0) is 58.1 Å². The molecule has 5 heteroatoms. The van der Waals surface area contributed by atoms with Gasteiger partial charge in [-0.25, -0.2) is 0 Å². The minimum atomic E-state index is 0.137. The first-order chi connectivity index (χ1) is 10.2. The molecule has 116 valence electrons. The van der Waals surface area contributed by atoms with Gasteiger partial charge in [0.05, 0.1) is 5.69 Å². The Kier molecular flexibility index (Phi) is 4.29. The molecule has 0 aromatic carbocycles. The van der Waals surface area contributed by atoms with Crippen molar-refractivity contribution >= 4 is 5.91 Å². The maximum atomic E-state index is 12.6. The number of hydrogen-bond acceptors (Lipinski definition) is 3. The third-order valence-electron chi connectivity index (χ3n) is 4.60. The van der Waals surface area contributed by atoms with Crippen LogP contribution in [0, 0.1) is 12.8 Å². The molecular formula is C16H26N4O. The zero-order chi connectivity index (χ0) is 14.8. The van der Waals surface area contributed by atoms with Gasteiger partial charge in [-0.1, -0.05) is 0 Å². The summed E-state index contributed by atoms with van der Waals surface area (Å²) >= 11 is 0. The number of amides is 1. The molecule has 21 heavy (non-hydrogen) atoms. The minimum Gasteiger partial charge on any atom is -0.337 e. The Bertz CT molecular complexity index is 498. The van der Waals surface area contributed by atoms with Crippen LogP contribution < -0.4 is 5.32 Å². The molecule has 5 nitrogen and oxygen atoms in total. The first kappa shape index (κ1) is 14.6. The number of hydrogen-bond donors (Lipinski definition) is 1. The van der Waals surface area contributed by atoms with Gasteiger partial charge in [-0.2, -0.15) is 5.10 Å². The van der Waals surface area contributed by atoms with Crippen LogP contribution in [0.15, 0.2) is 6.07 Å². The molecule has 1 aliphatic heterocycles. The number of rotatable bonds is 5. The third-order valence-corrected chi connectivity index (χ3v) is 4.60. The van der Waals surface area contributed by atoms with E-state index in [0.29, 0.717) is 6.04 Å². The Balaban J connectivity index is 1.54. The highest BCUT2D eigenvalue weighted by Gasteiger charge is 2.27. The Hall–Kier alpha value is -1.36. The second-order valence-electron chi connectivity index (χ2n) is 6.40. The van der Waals surface area contributed by atoms with E-state index in [9.17, 15) is 4.79 Å². The van der Waals surface area contributed by atoms with Crippen molar-refractivity contribution in [2.75, 3.05) is 19.6 Å². The topological polar surface area (TPSA) is 50.2 Å².